The molecule has 0 aromatic carbocycles. The van der Waals surface area contributed by atoms with Gasteiger partial charge in [0.2, 0.25) is 5.91 Å². The molecule has 3 atom stereocenters. The fourth-order valence-electron chi connectivity index (χ4n) is 2.73. The molecule has 2 aliphatic heterocycles. The molecule has 0 spiro atoms. The van der Waals surface area contributed by atoms with Crippen molar-refractivity contribution < 1.29 is 19.1 Å². The number of fused-ring (bicyclic) bond motifs is 2. The number of ketones is 1. The Balaban J connectivity index is 1.92. The highest BCUT2D eigenvalue weighted by atomic mass is 16.5. The maximum atomic E-state index is 12.2. The van der Waals surface area contributed by atoms with Crippen molar-refractivity contribution in [3.05, 3.63) is 0 Å². The van der Waals surface area contributed by atoms with E-state index in [4.69, 9.17) is 0 Å². The first-order valence-corrected chi connectivity index (χ1v) is 6.12. The first-order valence-electron chi connectivity index (χ1n) is 6.12. The number of amides is 1. The second kappa shape index (κ2) is 4.39. The number of hydrogen-bond acceptors (Lipinski definition) is 7. The molecule has 1 amide bonds. The maximum absolute atomic E-state index is 12.2. The topological polar surface area (TPSA) is 100 Å². The van der Waals surface area contributed by atoms with Gasteiger partial charge in [-0.3, -0.25) is 19.3 Å². The van der Waals surface area contributed by atoms with Crippen LogP contribution in [0.1, 0.15) is 12.8 Å². The van der Waals surface area contributed by atoms with Crippen molar-refractivity contribution in [2.45, 2.75) is 19.1 Å². The van der Waals surface area contributed by atoms with Crippen LogP contribution in [0.5, 0.6) is 0 Å². The molecule has 8 heteroatoms. The Morgan fingerprint density at radius 1 is 1.42 bits per heavy atom. The summed E-state index contributed by atoms with van der Waals surface area (Å²) in [6, 6.07) is 0. The lowest BCUT2D eigenvalue weighted by molar-refractivity contribution is -0.150. The van der Waals surface area contributed by atoms with Gasteiger partial charge in [-0.2, -0.15) is 0 Å². The van der Waals surface area contributed by atoms with Crippen LogP contribution < -0.4 is 10.9 Å². The summed E-state index contributed by atoms with van der Waals surface area (Å²) >= 11 is 0. The highest BCUT2D eigenvalue weighted by Crippen LogP contribution is 2.30. The van der Waals surface area contributed by atoms with Crippen molar-refractivity contribution in [3.8, 4) is 0 Å². The molecule has 0 bridgehead atoms. The predicted molar refractivity (Wildman–Crippen MR) is 62.4 cm³/mol. The Bertz CT molecular complexity index is 489. The minimum atomic E-state index is -0.825. The first-order chi connectivity index (χ1) is 9.13. The van der Waals surface area contributed by atoms with Crippen molar-refractivity contribution in [2.75, 3.05) is 13.8 Å². The van der Waals surface area contributed by atoms with Gasteiger partial charge in [0.15, 0.2) is 12.1 Å². The van der Waals surface area contributed by atoms with E-state index in [-0.39, 0.29) is 17.4 Å². The molecular weight excluding hydrogens is 252 g/mol. The lowest BCUT2D eigenvalue weighted by atomic mass is 9.78. The first kappa shape index (κ1) is 12.2. The number of nitrogens with one attached hydrogen (secondary N) is 2. The van der Waals surface area contributed by atoms with Gasteiger partial charge in [0.25, 0.3) is 0 Å². The SMILES string of the molecule is COC(=O)C1CCC2C(=O)N3CNNC3N=C2C1=O. The van der Waals surface area contributed by atoms with E-state index in [9.17, 15) is 14.4 Å². The summed E-state index contributed by atoms with van der Waals surface area (Å²) in [5.74, 6) is -2.41. The molecule has 0 aromatic heterocycles. The molecular formula is C11H14N4O4. The van der Waals surface area contributed by atoms with E-state index in [0.717, 1.165) is 0 Å². The molecule has 2 N–H and O–H groups in total. The fourth-order valence-corrected chi connectivity index (χ4v) is 2.73. The molecule has 19 heavy (non-hydrogen) atoms. The van der Waals surface area contributed by atoms with Gasteiger partial charge in [0, 0.05) is 0 Å². The Morgan fingerprint density at radius 2 is 2.21 bits per heavy atom. The number of ether oxygens (including phenoxy) is 1. The third-order valence-electron chi connectivity index (χ3n) is 3.75. The molecule has 1 saturated carbocycles. The number of carbonyl (C=O) groups excluding carboxylic acids is 3. The molecule has 3 rings (SSSR count). The molecule has 8 nitrogen and oxygen atoms in total. The lowest BCUT2D eigenvalue weighted by Crippen LogP contribution is -2.54. The number of carbonyl (C=O) groups is 3. The van der Waals surface area contributed by atoms with Gasteiger partial charge in [-0.15, -0.1) is 0 Å². The summed E-state index contributed by atoms with van der Waals surface area (Å²) in [7, 11) is 1.25. The summed E-state index contributed by atoms with van der Waals surface area (Å²) < 4.78 is 4.62. The second-order valence-corrected chi connectivity index (χ2v) is 4.75. The summed E-state index contributed by atoms with van der Waals surface area (Å²) in [5.41, 5.74) is 5.81. The molecule has 3 aliphatic rings. The largest absolute Gasteiger partial charge is 0.468 e. The third kappa shape index (κ3) is 1.75. The van der Waals surface area contributed by atoms with Gasteiger partial charge in [-0.05, 0) is 12.8 Å². The minimum Gasteiger partial charge on any atom is -0.468 e. The van der Waals surface area contributed by atoms with Crippen LogP contribution in [-0.4, -0.2) is 48.3 Å². The molecule has 102 valence electrons. The molecule has 0 aromatic rings. The van der Waals surface area contributed by atoms with Crippen molar-refractivity contribution >= 4 is 23.4 Å². The normalized spacial score (nSPS) is 33.6. The van der Waals surface area contributed by atoms with Crippen molar-refractivity contribution in [1.29, 1.82) is 0 Å². The number of rotatable bonds is 1. The summed E-state index contributed by atoms with van der Waals surface area (Å²) in [4.78, 5) is 41.8. The van der Waals surface area contributed by atoms with Crippen LogP contribution in [-0.2, 0) is 19.1 Å². The summed E-state index contributed by atoms with van der Waals surface area (Å²) in [5, 5.41) is 0. The minimum absolute atomic E-state index is 0.121. The van der Waals surface area contributed by atoms with Gasteiger partial charge < -0.3 is 4.74 Å². The standard InChI is InChI=1S/C11H14N4O4/c1-19-10(18)6-3-2-5-7(8(6)16)13-11-14-12-4-15(11)9(5)17/h5-6,11-12,14H,2-4H2,1H3. The Kier molecular flexibility index (Phi) is 2.83. The average Bonchev–Trinajstić information content (AvgIpc) is 2.88. The zero-order valence-electron chi connectivity index (χ0n) is 10.4. The van der Waals surface area contributed by atoms with E-state index < -0.39 is 24.1 Å². The molecule has 1 aliphatic carbocycles. The van der Waals surface area contributed by atoms with Crippen LogP contribution >= 0.6 is 0 Å². The van der Waals surface area contributed by atoms with Gasteiger partial charge in [-0.25, -0.2) is 15.8 Å². The van der Waals surface area contributed by atoms with E-state index in [1.165, 1.54) is 7.11 Å². The van der Waals surface area contributed by atoms with Gasteiger partial charge in [0.05, 0.1) is 25.4 Å². The van der Waals surface area contributed by atoms with Crippen LogP contribution in [0.2, 0.25) is 0 Å². The zero-order valence-corrected chi connectivity index (χ0v) is 10.4. The van der Waals surface area contributed by atoms with Crippen LogP contribution in [0.3, 0.4) is 0 Å². The van der Waals surface area contributed by atoms with E-state index in [2.05, 4.69) is 20.6 Å². The second-order valence-electron chi connectivity index (χ2n) is 4.75. The number of hydrogen-bond donors (Lipinski definition) is 2. The number of nitrogens with zero attached hydrogens (tertiary/aromatic N) is 2. The van der Waals surface area contributed by atoms with Crippen molar-refractivity contribution in [3.63, 3.8) is 0 Å². The van der Waals surface area contributed by atoms with Crippen molar-refractivity contribution in [2.24, 2.45) is 16.8 Å². The third-order valence-corrected chi connectivity index (χ3v) is 3.75. The average molecular weight is 266 g/mol. The Hall–Kier alpha value is -1.80. The number of esters is 1. The van der Waals surface area contributed by atoms with Crippen LogP contribution in [0.4, 0.5) is 0 Å². The van der Waals surface area contributed by atoms with Gasteiger partial charge in [0.1, 0.15) is 5.92 Å². The molecule has 0 radical (unpaired) electrons. The molecule has 2 heterocycles. The number of methoxy groups -OCH3 is 1. The van der Waals surface area contributed by atoms with Crippen LogP contribution in [0.25, 0.3) is 0 Å². The fraction of sp³-hybridized carbons (Fsp3) is 0.636. The van der Waals surface area contributed by atoms with E-state index in [1.54, 1.807) is 4.90 Å². The number of aliphatic imine (C=N–C) groups is 1. The lowest BCUT2D eigenvalue weighted by Gasteiger charge is -2.35. The molecule has 3 unspecified atom stereocenters. The monoisotopic (exact) mass is 266 g/mol. The summed E-state index contributed by atoms with van der Waals surface area (Å²) in [6.45, 7) is 0.366. The summed E-state index contributed by atoms with van der Waals surface area (Å²) in [6.07, 6.45) is 0.228. The Morgan fingerprint density at radius 3 is 2.95 bits per heavy atom. The maximum Gasteiger partial charge on any atom is 0.316 e. The zero-order chi connectivity index (χ0) is 13.6. The van der Waals surface area contributed by atoms with Gasteiger partial charge >= 0.3 is 5.97 Å². The van der Waals surface area contributed by atoms with Gasteiger partial charge in [-0.1, -0.05) is 0 Å². The number of Topliss-reactive ketones (excluding diaryl/α,β-unsaturated/α-hetero) is 1. The molecule has 2 fully saturated rings. The van der Waals surface area contributed by atoms with E-state index in [0.29, 0.717) is 19.5 Å². The smallest absolute Gasteiger partial charge is 0.316 e. The molecule has 1 saturated heterocycles. The van der Waals surface area contributed by atoms with E-state index in [1.807, 2.05) is 0 Å². The van der Waals surface area contributed by atoms with E-state index >= 15 is 0 Å². The number of hydrazine groups is 1. The highest BCUT2D eigenvalue weighted by molar-refractivity contribution is 6.47. The van der Waals surface area contributed by atoms with Crippen molar-refractivity contribution in [1.82, 2.24) is 15.8 Å². The highest BCUT2D eigenvalue weighted by Gasteiger charge is 2.48. The van der Waals surface area contributed by atoms with Crippen LogP contribution in [0.15, 0.2) is 4.99 Å². The Labute approximate surface area is 109 Å². The predicted octanol–water partition coefficient (Wildman–Crippen LogP) is -1.61. The quantitative estimate of drug-likeness (QED) is 0.437. The van der Waals surface area contributed by atoms with Crippen LogP contribution in [0, 0.1) is 11.8 Å².